The van der Waals surface area contributed by atoms with Gasteiger partial charge >= 0.3 is 6.18 Å². The van der Waals surface area contributed by atoms with Crippen molar-refractivity contribution in [3.63, 3.8) is 0 Å². The fourth-order valence-electron chi connectivity index (χ4n) is 2.22. The van der Waals surface area contributed by atoms with E-state index >= 15 is 0 Å². The molecule has 2 aromatic rings. The fraction of sp³-hybridized carbons (Fsp3) is 0.235. The number of para-hydroxylation sites is 2. The molecule has 0 aliphatic rings. The first-order valence-corrected chi connectivity index (χ1v) is 7.73. The molecule has 2 aromatic carbocycles. The monoisotopic (exact) mass is 383 g/mol. The number of amides is 1. The van der Waals surface area contributed by atoms with Gasteiger partial charge in [-0.2, -0.15) is 13.2 Å². The Bertz CT molecular complexity index is 840. The van der Waals surface area contributed by atoms with Gasteiger partial charge in [0.25, 0.3) is 5.69 Å². The summed E-state index contributed by atoms with van der Waals surface area (Å²) in [6.07, 6.45) is -4.48. The van der Waals surface area contributed by atoms with Gasteiger partial charge in [0.05, 0.1) is 28.4 Å². The highest BCUT2D eigenvalue weighted by molar-refractivity contribution is 5.95. The van der Waals surface area contributed by atoms with E-state index in [1.54, 1.807) is 6.07 Å². The molecular formula is C17H16F3N3O4. The number of nitrogens with one attached hydrogen (secondary N) is 2. The quantitative estimate of drug-likeness (QED) is 0.559. The molecule has 144 valence electrons. The number of benzene rings is 2. The van der Waals surface area contributed by atoms with Gasteiger partial charge in [0.1, 0.15) is 5.75 Å². The van der Waals surface area contributed by atoms with E-state index in [4.69, 9.17) is 4.74 Å². The van der Waals surface area contributed by atoms with Gasteiger partial charge in [-0.1, -0.05) is 18.2 Å². The van der Waals surface area contributed by atoms with E-state index in [1.165, 1.54) is 43.3 Å². The molecule has 0 heterocycles. The van der Waals surface area contributed by atoms with Crippen molar-refractivity contribution < 1.29 is 27.6 Å². The SMILES string of the molecule is Cc1c(NC(=O)CNc2ccccc2OCC(F)(F)F)cccc1[N+](=O)[O-]. The number of halogens is 3. The van der Waals surface area contributed by atoms with Crippen LogP contribution in [0.1, 0.15) is 5.56 Å². The van der Waals surface area contributed by atoms with Gasteiger partial charge in [-0.25, -0.2) is 0 Å². The zero-order valence-corrected chi connectivity index (χ0v) is 14.2. The lowest BCUT2D eigenvalue weighted by Gasteiger charge is -2.14. The second kappa shape index (κ2) is 8.39. The molecule has 0 aromatic heterocycles. The van der Waals surface area contributed by atoms with Crippen molar-refractivity contribution in [1.82, 2.24) is 0 Å². The van der Waals surface area contributed by atoms with E-state index < -0.39 is 23.6 Å². The number of hydrogen-bond acceptors (Lipinski definition) is 5. The Labute approximate surface area is 152 Å². The van der Waals surface area contributed by atoms with Crippen LogP contribution in [0.3, 0.4) is 0 Å². The van der Waals surface area contributed by atoms with Gasteiger partial charge in [-0.05, 0) is 25.1 Å². The largest absolute Gasteiger partial charge is 0.482 e. The topological polar surface area (TPSA) is 93.5 Å². The summed E-state index contributed by atoms with van der Waals surface area (Å²) >= 11 is 0. The number of alkyl halides is 3. The third kappa shape index (κ3) is 5.87. The van der Waals surface area contributed by atoms with E-state index in [1.807, 2.05) is 0 Å². The van der Waals surface area contributed by atoms with Crippen molar-refractivity contribution >= 4 is 23.0 Å². The molecule has 0 spiro atoms. The van der Waals surface area contributed by atoms with Crippen LogP contribution in [0.2, 0.25) is 0 Å². The molecule has 0 atom stereocenters. The number of nitrogens with zero attached hydrogens (tertiary/aromatic N) is 1. The van der Waals surface area contributed by atoms with Crippen molar-refractivity contribution in [2.75, 3.05) is 23.8 Å². The van der Waals surface area contributed by atoms with Crippen molar-refractivity contribution in [1.29, 1.82) is 0 Å². The molecule has 2 rings (SSSR count). The second-order valence-electron chi connectivity index (χ2n) is 5.51. The maximum absolute atomic E-state index is 12.3. The number of carbonyl (C=O) groups excluding carboxylic acids is 1. The van der Waals surface area contributed by atoms with Crippen LogP contribution < -0.4 is 15.4 Å². The average molecular weight is 383 g/mol. The molecule has 0 saturated heterocycles. The van der Waals surface area contributed by atoms with Crippen LogP contribution >= 0.6 is 0 Å². The minimum atomic E-state index is -4.48. The van der Waals surface area contributed by atoms with E-state index in [2.05, 4.69) is 10.6 Å². The standard InChI is InChI=1S/C17H16F3N3O4/c1-11-12(6-4-7-14(11)23(25)26)22-16(24)9-21-13-5-2-3-8-15(13)27-10-17(18,19)20/h2-8,21H,9-10H2,1H3,(H,22,24). The Morgan fingerprint density at radius 3 is 2.48 bits per heavy atom. The Balaban J connectivity index is 2.01. The number of ether oxygens (including phenoxy) is 1. The van der Waals surface area contributed by atoms with Crippen LogP contribution in [0, 0.1) is 17.0 Å². The number of hydrogen-bond donors (Lipinski definition) is 2. The third-order valence-corrected chi connectivity index (χ3v) is 3.49. The van der Waals surface area contributed by atoms with Crippen molar-refractivity contribution in [3.8, 4) is 5.75 Å². The van der Waals surface area contributed by atoms with E-state index in [0.717, 1.165) is 0 Å². The summed E-state index contributed by atoms with van der Waals surface area (Å²) in [6, 6.07) is 10.2. The van der Waals surface area contributed by atoms with Crippen LogP contribution in [-0.4, -0.2) is 30.2 Å². The predicted molar refractivity (Wildman–Crippen MR) is 92.9 cm³/mol. The van der Waals surface area contributed by atoms with Crippen LogP contribution in [0.4, 0.5) is 30.2 Å². The Kier molecular flexibility index (Phi) is 6.22. The highest BCUT2D eigenvalue weighted by Crippen LogP contribution is 2.27. The zero-order chi connectivity index (χ0) is 20.0. The van der Waals surface area contributed by atoms with E-state index in [9.17, 15) is 28.1 Å². The number of carbonyl (C=O) groups is 1. The lowest BCUT2D eigenvalue weighted by atomic mass is 10.1. The molecule has 0 unspecified atom stereocenters. The fourth-order valence-corrected chi connectivity index (χ4v) is 2.22. The average Bonchev–Trinajstić information content (AvgIpc) is 2.59. The smallest absolute Gasteiger partial charge is 0.422 e. The van der Waals surface area contributed by atoms with Crippen molar-refractivity contribution in [2.24, 2.45) is 0 Å². The molecule has 0 aliphatic heterocycles. The molecule has 27 heavy (non-hydrogen) atoms. The van der Waals surface area contributed by atoms with Crippen LogP contribution in [-0.2, 0) is 4.79 Å². The summed E-state index contributed by atoms with van der Waals surface area (Å²) in [4.78, 5) is 22.5. The summed E-state index contributed by atoms with van der Waals surface area (Å²) in [5, 5.41) is 16.1. The van der Waals surface area contributed by atoms with E-state index in [0.29, 0.717) is 5.56 Å². The first kappa shape index (κ1) is 20.0. The number of anilines is 2. The Morgan fingerprint density at radius 1 is 1.15 bits per heavy atom. The van der Waals surface area contributed by atoms with Gasteiger partial charge in [-0.15, -0.1) is 0 Å². The molecule has 10 heteroatoms. The number of nitro benzene ring substituents is 1. The van der Waals surface area contributed by atoms with Crippen LogP contribution in [0.25, 0.3) is 0 Å². The molecule has 0 bridgehead atoms. The molecule has 7 nitrogen and oxygen atoms in total. The van der Waals surface area contributed by atoms with Crippen molar-refractivity contribution in [2.45, 2.75) is 13.1 Å². The summed E-state index contributed by atoms with van der Waals surface area (Å²) in [5.74, 6) is -0.571. The molecule has 0 aliphatic carbocycles. The van der Waals surface area contributed by atoms with Crippen molar-refractivity contribution in [3.05, 3.63) is 58.1 Å². The highest BCUT2D eigenvalue weighted by atomic mass is 19.4. The summed E-state index contributed by atoms with van der Waals surface area (Å²) in [7, 11) is 0. The lowest BCUT2D eigenvalue weighted by molar-refractivity contribution is -0.385. The van der Waals surface area contributed by atoms with Gasteiger partial charge in [0.2, 0.25) is 5.91 Å². The minimum absolute atomic E-state index is 0.0471. The summed E-state index contributed by atoms with van der Waals surface area (Å²) in [6.45, 7) is -0.221. The second-order valence-corrected chi connectivity index (χ2v) is 5.51. The first-order chi connectivity index (χ1) is 12.7. The van der Waals surface area contributed by atoms with Crippen LogP contribution in [0.15, 0.2) is 42.5 Å². The number of nitro groups is 1. The minimum Gasteiger partial charge on any atom is -0.482 e. The van der Waals surface area contributed by atoms with E-state index in [-0.39, 0.29) is 29.4 Å². The van der Waals surface area contributed by atoms with Gasteiger partial charge in [0.15, 0.2) is 6.61 Å². The third-order valence-electron chi connectivity index (χ3n) is 3.49. The molecule has 0 radical (unpaired) electrons. The lowest BCUT2D eigenvalue weighted by Crippen LogP contribution is -2.23. The molecule has 2 N–H and O–H groups in total. The molecular weight excluding hydrogens is 367 g/mol. The van der Waals surface area contributed by atoms with Crippen LogP contribution in [0.5, 0.6) is 5.75 Å². The molecule has 0 fully saturated rings. The van der Waals surface area contributed by atoms with Gasteiger partial charge in [0, 0.05) is 6.07 Å². The van der Waals surface area contributed by atoms with Gasteiger partial charge < -0.3 is 15.4 Å². The van der Waals surface area contributed by atoms with Gasteiger partial charge in [-0.3, -0.25) is 14.9 Å². The Morgan fingerprint density at radius 2 is 1.81 bits per heavy atom. The summed E-state index contributed by atoms with van der Waals surface area (Å²) < 4.78 is 41.6. The Hall–Kier alpha value is -3.30. The molecule has 0 saturated carbocycles. The predicted octanol–water partition coefficient (Wildman–Crippen LogP) is 3.89. The summed E-state index contributed by atoms with van der Waals surface area (Å²) in [5.41, 5.74) is 0.654. The number of rotatable bonds is 7. The highest BCUT2D eigenvalue weighted by Gasteiger charge is 2.28. The first-order valence-electron chi connectivity index (χ1n) is 7.73. The maximum Gasteiger partial charge on any atom is 0.422 e. The maximum atomic E-state index is 12.3. The molecule has 1 amide bonds. The normalized spacial score (nSPS) is 11.0. The zero-order valence-electron chi connectivity index (χ0n) is 14.2.